The summed E-state index contributed by atoms with van der Waals surface area (Å²) >= 11 is 0. The van der Waals surface area contributed by atoms with Crippen molar-refractivity contribution in [3.05, 3.63) is 37.0 Å². The van der Waals surface area contributed by atoms with E-state index in [0.717, 1.165) is 12.8 Å². The predicted molar refractivity (Wildman–Crippen MR) is 63.5 cm³/mol. The van der Waals surface area contributed by atoms with Crippen molar-refractivity contribution in [2.24, 2.45) is 5.92 Å². The molecule has 0 aliphatic heterocycles. The summed E-state index contributed by atoms with van der Waals surface area (Å²) in [6, 6.07) is 0. The minimum Gasteiger partial charge on any atom is -0.463 e. The summed E-state index contributed by atoms with van der Waals surface area (Å²) in [6.07, 6.45) is 11.1. The van der Waals surface area contributed by atoms with E-state index < -0.39 is 0 Å². The molecule has 0 saturated heterocycles. The highest BCUT2D eigenvalue weighted by molar-refractivity contribution is 5.81. The lowest BCUT2D eigenvalue weighted by Gasteiger charge is -2.01. The molecule has 0 aliphatic carbocycles. The number of carbonyl (C=O) groups excluding carboxylic acids is 1. The van der Waals surface area contributed by atoms with Crippen LogP contribution in [0.2, 0.25) is 0 Å². The van der Waals surface area contributed by atoms with E-state index in [1.54, 1.807) is 13.0 Å². The molecule has 0 aromatic rings. The van der Waals surface area contributed by atoms with Gasteiger partial charge in [0.15, 0.2) is 0 Å². The molecular formula is C13H20O2. The highest BCUT2D eigenvalue weighted by Crippen LogP contribution is 2.07. The molecule has 0 amide bonds. The van der Waals surface area contributed by atoms with Crippen molar-refractivity contribution in [3.63, 3.8) is 0 Å². The first-order chi connectivity index (χ1) is 7.20. The largest absolute Gasteiger partial charge is 0.463 e. The van der Waals surface area contributed by atoms with Gasteiger partial charge in [0, 0.05) is 6.08 Å². The maximum Gasteiger partial charge on any atom is 0.330 e. The lowest BCUT2D eigenvalue weighted by atomic mass is 10.1. The molecule has 0 saturated carbocycles. The third-order valence-corrected chi connectivity index (χ3v) is 1.90. The quantitative estimate of drug-likeness (QED) is 0.364. The Bertz CT molecular complexity index is 239. The van der Waals surface area contributed by atoms with Gasteiger partial charge in [-0.2, -0.15) is 0 Å². The number of esters is 1. The first-order valence-corrected chi connectivity index (χ1v) is 5.33. The lowest BCUT2D eigenvalue weighted by molar-refractivity contribution is -0.137. The molecule has 1 atom stereocenters. The van der Waals surface area contributed by atoms with Gasteiger partial charge >= 0.3 is 5.97 Å². The van der Waals surface area contributed by atoms with Gasteiger partial charge < -0.3 is 4.74 Å². The summed E-state index contributed by atoms with van der Waals surface area (Å²) in [5.41, 5.74) is 0. The summed E-state index contributed by atoms with van der Waals surface area (Å²) in [6.45, 7) is 7.98. The zero-order valence-corrected chi connectivity index (χ0v) is 9.61. The number of allylic oxidation sites excluding steroid dienone is 4. The van der Waals surface area contributed by atoms with E-state index in [1.807, 2.05) is 12.2 Å². The Labute approximate surface area is 92.3 Å². The van der Waals surface area contributed by atoms with Crippen LogP contribution in [0.1, 0.15) is 26.7 Å². The van der Waals surface area contributed by atoms with E-state index in [-0.39, 0.29) is 5.97 Å². The van der Waals surface area contributed by atoms with Crippen LogP contribution < -0.4 is 0 Å². The van der Waals surface area contributed by atoms with E-state index in [0.29, 0.717) is 12.5 Å². The molecule has 0 bridgehead atoms. The molecular weight excluding hydrogens is 188 g/mol. The minimum absolute atomic E-state index is 0.258. The molecule has 0 N–H and O–H groups in total. The molecule has 15 heavy (non-hydrogen) atoms. The van der Waals surface area contributed by atoms with Gasteiger partial charge in [0.05, 0.1) is 6.61 Å². The third kappa shape index (κ3) is 9.01. The van der Waals surface area contributed by atoms with Crippen LogP contribution in [-0.2, 0) is 9.53 Å². The Morgan fingerprint density at radius 1 is 1.53 bits per heavy atom. The monoisotopic (exact) mass is 208 g/mol. The first-order valence-electron chi connectivity index (χ1n) is 5.33. The Kier molecular flexibility index (Phi) is 8.44. The zero-order chi connectivity index (χ0) is 11.5. The van der Waals surface area contributed by atoms with Gasteiger partial charge in [-0.1, -0.05) is 37.8 Å². The normalized spacial score (nSPS) is 13.2. The molecule has 0 aliphatic rings. The molecule has 2 heteroatoms. The molecule has 0 aromatic carbocycles. The summed E-state index contributed by atoms with van der Waals surface area (Å²) in [5.74, 6) is 0.252. The number of hydrogen-bond acceptors (Lipinski definition) is 2. The number of ether oxygens (including phenoxy) is 1. The van der Waals surface area contributed by atoms with Gasteiger partial charge in [-0.25, -0.2) is 4.79 Å². The van der Waals surface area contributed by atoms with Gasteiger partial charge in [-0.05, 0) is 25.7 Å². The van der Waals surface area contributed by atoms with Crippen molar-refractivity contribution in [1.29, 1.82) is 0 Å². The smallest absolute Gasteiger partial charge is 0.330 e. The van der Waals surface area contributed by atoms with Gasteiger partial charge in [-0.3, -0.25) is 0 Å². The van der Waals surface area contributed by atoms with Crippen LogP contribution in [-0.4, -0.2) is 12.6 Å². The second kappa shape index (κ2) is 9.25. The molecule has 84 valence electrons. The summed E-state index contributed by atoms with van der Waals surface area (Å²) in [5, 5.41) is 0. The fourth-order valence-corrected chi connectivity index (χ4v) is 1.09. The molecule has 0 rings (SSSR count). The number of carbonyl (C=O) groups is 1. The molecule has 0 unspecified atom stereocenters. The van der Waals surface area contributed by atoms with Crippen LogP contribution in [0.4, 0.5) is 0 Å². The molecule has 0 aromatic heterocycles. The van der Waals surface area contributed by atoms with Crippen molar-refractivity contribution in [2.75, 3.05) is 6.61 Å². The lowest BCUT2D eigenvalue weighted by Crippen LogP contribution is -1.98. The van der Waals surface area contributed by atoms with E-state index in [1.165, 1.54) is 6.08 Å². The fourth-order valence-electron chi connectivity index (χ4n) is 1.09. The Morgan fingerprint density at radius 2 is 2.27 bits per heavy atom. The molecule has 0 radical (unpaired) electrons. The van der Waals surface area contributed by atoms with Gasteiger partial charge in [0.25, 0.3) is 0 Å². The maximum atomic E-state index is 10.9. The maximum absolute atomic E-state index is 10.9. The highest BCUT2D eigenvalue weighted by atomic mass is 16.5. The third-order valence-electron chi connectivity index (χ3n) is 1.90. The van der Waals surface area contributed by atoms with Crippen LogP contribution in [0.3, 0.4) is 0 Å². The summed E-state index contributed by atoms with van der Waals surface area (Å²) in [7, 11) is 0. The van der Waals surface area contributed by atoms with E-state index in [2.05, 4.69) is 19.6 Å². The van der Waals surface area contributed by atoms with Crippen molar-refractivity contribution in [2.45, 2.75) is 26.7 Å². The Hall–Kier alpha value is -1.31. The predicted octanol–water partition coefficient (Wildman–Crippen LogP) is 3.26. The molecule has 2 nitrogen and oxygen atoms in total. The summed E-state index contributed by atoms with van der Waals surface area (Å²) in [4.78, 5) is 10.9. The van der Waals surface area contributed by atoms with Crippen molar-refractivity contribution >= 4 is 5.97 Å². The molecule has 0 spiro atoms. The van der Waals surface area contributed by atoms with Crippen LogP contribution in [0.15, 0.2) is 37.0 Å². The van der Waals surface area contributed by atoms with E-state index in [4.69, 9.17) is 4.74 Å². The van der Waals surface area contributed by atoms with E-state index >= 15 is 0 Å². The second-order valence-electron chi connectivity index (χ2n) is 3.33. The SMILES string of the molecule is C=C/C=C/[C@H](C)CC/C=C/C(=O)OCC. The van der Waals surface area contributed by atoms with Crippen LogP contribution in [0.25, 0.3) is 0 Å². The van der Waals surface area contributed by atoms with Gasteiger partial charge in [0.1, 0.15) is 0 Å². The number of hydrogen-bond donors (Lipinski definition) is 0. The topological polar surface area (TPSA) is 26.3 Å². The first kappa shape index (κ1) is 13.7. The van der Waals surface area contributed by atoms with Crippen molar-refractivity contribution < 1.29 is 9.53 Å². The van der Waals surface area contributed by atoms with Crippen molar-refractivity contribution in [1.82, 2.24) is 0 Å². The fraction of sp³-hybridized carbons (Fsp3) is 0.462. The average molecular weight is 208 g/mol. The average Bonchev–Trinajstić information content (AvgIpc) is 2.22. The molecule has 0 heterocycles. The second-order valence-corrected chi connectivity index (χ2v) is 3.33. The van der Waals surface area contributed by atoms with Gasteiger partial charge in [-0.15, -0.1) is 0 Å². The van der Waals surface area contributed by atoms with Crippen LogP contribution in [0, 0.1) is 5.92 Å². The van der Waals surface area contributed by atoms with Crippen molar-refractivity contribution in [3.8, 4) is 0 Å². The van der Waals surface area contributed by atoms with Crippen LogP contribution in [0.5, 0.6) is 0 Å². The standard InChI is InChI=1S/C13H20O2/c1-4-6-9-12(3)10-7-8-11-13(14)15-5-2/h4,6,8-9,11-12H,1,5,7,10H2,2-3H3/b9-6+,11-8+/t12-/m0/s1. The summed E-state index contributed by atoms with van der Waals surface area (Å²) < 4.78 is 4.76. The minimum atomic E-state index is -0.258. The van der Waals surface area contributed by atoms with Crippen LogP contribution >= 0.6 is 0 Å². The van der Waals surface area contributed by atoms with Gasteiger partial charge in [0.2, 0.25) is 0 Å². The number of rotatable bonds is 7. The Morgan fingerprint density at radius 3 is 2.87 bits per heavy atom. The zero-order valence-electron chi connectivity index (χ0n) is 9.61. The molecule has 0 fully saturated rings. The highest BCUT2D eigenvalue weighted by Gasteiger charge is 1.95. The van der Waals surface area contributed by atoms with E-state index in [9.17, 15) is 4.79 Å². The Balaban J connectivity index is 3.64.